The number of nitrogens with one attached hydrogen (secondary N) is 3. The lowest BCUT2D eigenvalue weighted by Crippen LogP contribution is -2.60. The van der Waals surface area contributed by atoms with Crippen LogP contribution in [0.4, 0.5) is 0 Å². The third-order valence-electron chi connectivity index (χ3n) is 4.30. The van der Waals surface area contributed by atoms with Crippen LogP contribution in [0.15, 0.2) is 0 Å². The molecule has 1 saturated heterocycles. The number of carbonyl (C=O) groups is 2. The topological polar surface area (TPSA) is 97.3 Å². The van der Waals surface area contributed by atoms with E-state index in [1.807, 2.05) is 4.90 Å². The molecule has 2 rings (SSSR count). The maximum atomic E-state index is 12.2. The number of nitrogens with zero attached hydrogens (tertiary/aromatic N) is 2. The predicted octanol–water partition coefficient (Wildman–Crippen LogP) is -1.04. The van der Waals surface area contributed by atoms with E-state index in [1.54, 1.807) is 7.05 Å². The Labute approximate surface area is 125 Å². The lowest BCUT2D eigenvalue weighted by atomic mass is 10.00. The number of nitriles is 1. The first-order valence-electron chi connectivity index (χ1n) is 7.49. The van der Waals surface area contributed by atoms with Crippen LogP contribution in [0.5, 0.6) is 0 Å². The number of carbonyl (C=O) groups excluding carboxylic acids is 2. The summed E-state index contributed by atoms with van der Waals surface area (Å²) in [5.74, 6) is -0.264. The van der Waals surface area contributed by atoms with E-state index in [9.17, 15) is 14.9 Å². The van der Waals surface area contributed by atoms with Gasteiger partial charge >= 0.3 is 0 Å². The van der Waals surface area contributed by atoms with Crippen LogP contribution in [0, 0.1) is 11.3 Å². The molecular formula is C14H23N5O2. The van der Waals surface area contributed by atoms with Crippen molar-refractivity contribution in [3.05, 3.63) is 0 Å². The summed E-state index contributed by atoms with van der Waals surface area (Å²) in [7, 11) is 1.60. The van der Waals surface area contributed by atoms with E-state index in [-0.39, 0.29) is 24.4 Å². The standard InChI is InChI=1S/C14H23N5O2/c1-16-13(21)11-8-17-6-7-19(11)9-12(20)18-14(10-15)4-2-3-5-14/h11,17H,2-9H2,1H3,(H,16,21)(H,18,20). The fourth-order valence-corrected chi connectivity index (χ4v) is 3.09. The summed E-state index contributed by atoms with van der Waals surface area (Å²) in [6.45, 7) is 2.09. The van der Waals surface area contributed by atoms with Gasteiger partial charge in [0.15, 0.2) is 0 Å². The highest BCUT2D eigenvalue weighted by molar-refractivity contribution is 5.84. The van der Waals surface area contributed by atoms with Crippen LogP contribution < -0.4 is 16.0 Å². The van der Waals surface area contributed by atoms with Crippen molar-refractivity contribution in [2.45, 2.75) is 37.3 Å². The summed E-state index contributed by atoms with van der Waals surface area (Å²) in [4.78, 5) is 25.9. The summed E-state index contributed by atoms with van der Waals surface area (Å²) < 4.78 is 0. The first kappa shape index (κ1) is 15.7. The van der Waals surface area contributed by atoms with Gasteiger partial charge in [-0.05, 0) is 25.7 Å². The molecule has 2 aliphatic rings. The Hall–Kier alpha value is -1.65. The molecule has 1 aliphatic heterocycles. The molecule has 1 saturated carbocycles. The second-order valence-electron chi connectivity index (χ2n) is 5.75. The molecule has 2 fully saturated rings. The zero-order valence-electron chi connectivity index (χ0n) is 12.4. The third-order valence-corrected chi connectivity index (χ3v) is 4.30. The van der Waals surface area contributed by atoms with Crippen molar-refractivity contribution in [3.8, 4) is 6.07 Å². The number of hydrogen-bond acceptors (Lipinski definition) is 5. The molecule has 0 spiro atoms. The Morgan fingerprint density at radius 2 is 2.14 bits per heavy atom. The summed E-state index contributed by atoms with van der Waals surface area (Å²) in [6, 6.07) is 1.91. The number of hydrogen-bond donors (Lipinski definition) is 3. The minimum atomic E-state index is -0.701. The molecule has 0 bridgehead atoms. The van der Waals surface area contributed by atoms with Crippen molar-refractivity contribution in [1.29, 1.82) is 5.26 Å². The highest BCUT2D eigenvalue weighted by Crippen LogP contribution is 2.28. The zero-order chi connectivity index (χ0) is 15.3. The van der Waals surface area contributed by atoms with E-state index in [4.69, 9.17) is 0 Å². The smallest absolute Gasteiger partial charge is 0.238 e. The van der Waals surface area contributed by atoms with Crippen LogP contribution in [-0.2, 0) is 9.59 Å². The fourth-order valence-electron chi connectivity index (χ4n) is 3.09. The molecule has 3 N–H and O–H groups in total. The van der Waals surface area contributed by atoms with Crippen LogP contribution in [-0.4, -0.2) is 61.5 Å². The van der Waals surface area contributed by atoms with E-state index in [0.29, 0.717) is 13.1 Å². The molecule has 1 heterocycles. The van der Waals surface area contributed by atoms with Crippen molar-refractivity contribution < 1.29 is 9.59 Å². The zero-order valence-corrected chi connectivity index (χ0v) is 12.4. The van der Waals surface area contributed by atoms with Gasteiger partial charge in [0.05, 0.1) is 12.6 Å². The van der Waals surface area contributed by atoms with Gasteiger partial charge in [-0.15, -0.1) is 0 Å². The van der Waals surface area contributed by atoms with Crippen molar-refractivity contribution in [2.24, 2.45) is 0 Å². The van der Waals surface area contributed by atoms with Crippen molar-refractivity contribution in [3.63, 3.8) is 0 Å². The Balaban J connectivity index is 1.94. The predicted molar refractivity (Wildman–Crippen MR) is 77.3 cm³/mol. The van der Waals surface area contributed by atoms with Crippen LogP contribution in [0.25, 0.3) is 0 Å². The van der Waals surface area contributed by atoms with Gasteiger partial charge in [0, 0.05) is 26.7 Å². The Bertz CT molecular complexity index is 439. The first-order valence-corrected chi connectivity index (χ1v) is 7.49. The molecule has 0 radical (unpaired) electrons. The SMILES string of the molecule is CNC(=O)C1CNCCN1CC(=O)NC1(C#N)CCCC1. The average molecular weight is 293 g/mol. The van der Waals surface area contributed by atoms with Gasteiger partial charge in [0.25, 0.3) is 0 Å². The highest BCUT2D eigenvalue weighted by Gasteiger charge is 2.36. The minimum absolute atomic E-state index is 0.0918. The molecule has 0 aromatic heterocycles. The van der Waals surface area contributed by atoms with E-state index in [0.717, 1.165) is 32.2 Å². The van der Waals surface area contributed by atoms with Gasteiger partial charge in [-0.3, -0.25) is 14.5 Å². The molecule has 21 heavy (non-hydrogen) atoms. The van der Waals surface area contributed by atoms with Crippen molar-refractivity contribution in [1.82, 2.24) is 20.9 Å². The molecule has 7 heteroatoms. The van der Waals surface area contributed by atoms with E-state index < -0.39 is 5.54 Å². The summed E-state index contributed by atoms with van der Waals surface area (Å²) in [5.41, 5.74) is -0.701. The van der Waals surface area contributed by atoms with Crippen LogP contribution in [0.1, 0.15) is 25.7 Å². The minimum Gasteiger partial charge on any atom is -0.358 e. The summed E-state index contributed by atoms with van der Waals surface area (Å²) in [5, 5.41) is 18.0. The Kier molecular flexibility index (Phi) is 5.15. The van der Waals surface area contributed by atoms with Crippen LogP contribution in [0.3, 0.4) is 0 Å². The third kappa shape index (κ3) is 3.71. The second-order valence-corrected chi connectivity index (χ2v) is 5.75. The molecule has 7 nitrogen and oxygen atoms in total. The average Bonchev–Trinajstić information content (AvgIpc) is 2.96. The molecule has 0 aromatic carbocycles. The Morgan fingerprint density at radius 1 is 1.43 bits per heavy atom. The maximum Gasteiger partial charge on any atom is 0.238 e. The van der Waals surface area contributed by atoms with Crippen LogP contribution >= 0.6 is 0 Å². The monoisotopic (exact) mass is 293 g/mol. The van der Waals surface area contributed by atoms with Crippen molar-refractivity contribution >= 4 is 11.8 Å². The molecule has 1 unspecified atom stereocenters. The van der Waals surface area contributed by atoms with E-state index in [2.05, 4.69) is 22.0 Å². The van der Waals surface area contributed by atoms with Crippen LogP contribution in [0.2, 0.25) is 0 Å². The van der Waals surface area contributed by atoms with Gasteiger partial charge in [0.2, 0.25) is 11.8 Å². The molecule has 0 aromatic rings. The fraction of sp³-hybridized carbons (Fsp3) is 0.786. The number of piperazine rings is 1. The molecule has 1 atom stereocenters. The lowest BCUT2D eigenvalue weighted by molar-refractivity contribution is -0.129. The first-order chi connectivity index (χ1) is 10.1. The largest absolute Gasteiger partial charge is 0.358 e. The molecule has 1 aliphatic carbocycles. The normalized spacial score (nSPS) is 25.0. The number of rotatable bonds is 4. The van der Waals surface area contributed by atoms with E-state index in [1.165, 1.54) is 0 Å². The summed E-state index contributed by atoms with van der Waals surface area (Å²) in [6.07, 6.45) is 3.38. The summed E-state index contributed by atoms with van der Waals surface area (Å²) >= 11 is 0. The van der Waals surface area contributed by atoms with Gasteiger partial charge in [0.1, 0.15) is 11.6 Å². The molecule has 116 valence electrons. The van der Waals surface area contributed by atoms with Crippen molar-refractivity contribution in [2.75, 3.05) is 33.2 Å². The van der Waals surface area contributed by atoms with Gasteiger partial charge < -0.3 is 16.0 Å². The second kappa shape index (κ2) is 6.87. The van der Waals surface area contributed by atoms with Gasteiger partial charge in [-0.1, -0.05) is 0 Å². The quantitative estimate of drug-likeness (QED) is 0.615. The molecule has 2 amide bonds. The number of amides is 2. The van der Waals surface area contributed by atoms with Gasteiger partial charge in [-0.25, -0.2) is 0 Å². The van der Waals surface area contributed by atoms with E-state index >= 15 is 0 Å². The number of likely N-dealkylation sites (N-methyl/N-ethyl adjacent to an activating group) is 1. The maximum absolute atomic E-state index is 12.2. The molecular weight excluding hydrogens is 270 g/mol. The highest BCUT2D eigenvalue weighted by atomic mass is 16.2. The Morgan fingerprint density at radius 3 is 2.76 bits per heavy atom. The lowest BCUT2D eigenvalue weighted by Gasteiger charge is -2.35. The van der Waals surface area contributed by atoms with Gasteiger partial charge in [-0.2, -0.15) is 5.26 Å².